The molecule has 0 amide bonds. The van der Waals surface area contributed by atoms with Crippen molar-refractivity contribution >= 4 is 0 Å². The minimum atomic E-state index is 0.251. The van der Waals surface area contributed by atoms with Gasteiger partial charge < -0.3 is 19.2 Å². The maximum Gasteiger partial charge on any atom is 0.124 e. The fourth-order valence-corrected chi connectivity index (χ4v) is 2.64. The van der Waals surface area contributed by atoms with E-state index in [-0.39, 0.29) is 6.10 Å². The zero-order chi connectivity index (χ0) is 14.7. The maximum absolute atomic E-state index is 5.83. The fourth-order valence-electron chi connectivity index (χ4n) is 2.64. The fraction of sp³-hybridized carbons (Fsp3) is 0.412. The standard InChI is InChI=1S/C17H21NO3/c1-3-19-16-8-13-7-12(2)21-17(13)9-14(16)10-18-11-15-5-4-6-20-15/h4-6,8-9,12,18H,3,7,10-11H2,1-2H3/t12-/m1/s1. The van der Waals surface area contributed by atoms with Gasteiger partial charge in [0.25, 0.3) is 0 Å². The third kappa shape index (κ3) is 3.22. The monoisotopic (exact) mass is 287 g/mol. The van der Waals surface area contributed by atoms with Gasteiger partial charge >= 0.3 is 0 Å². The van der Waals surface area contributed by atoms with Crippen LogP contribution in [0.1, 0.15) is 30.7 Å². The van der Waals surface area contributed by atoms with Crippen LogP contribution in [0.2, 0.25) is 0 Å². The number of furan rings is 1. The number of hydrogen-bond acceptors (Lipinski definition) is 4. The van der Waals surface area contributed by atoms with E-state index < -0.39 is 0 Å². The van der Waals surface area contributed by atoms with Crippen molar-refractivity contribution in [2.24, 2.45) is 0 Å². The molecule has 1 aromatic heterocycles. The van der Waals surface area contributed by atoms with Crippen molar-refractivity contribution in [1.29, 1.82) is 0 Å². The molecule has 0 aliphatic carbocycles. The quantitative estimate of drug-likeness (QED) is 0.885. The molecule has 2 heterocycles. The molecule has 3 rings (SSSR count). The van der Waals surface area contributed by atoms with E-state index in [1.807, 2.05) is 19.1 Å². The van der Waals surface area contributed by atoms with Gasteiger partial charge in [0.05, 0.1) is 19.4 Å². The van der Waals surface area contributed by atoms with Crippen LogP contribution >= 0.6 is 0 Å². The highest BCUT2D eigenvalue weighted by Crippen LogP contribution is 2.35. The summed E-state index contributed by atoms with van der Waals surface area (Å²) in [6, 6.07) is 8.07. The van der Waals surface area contributed by atoms with Crippen LogP contribution in [0.3, 0.4) is 0 Å². The number of ether oxygens (including phenoxy) is 2. The van der Waals surface area contributed by atoms with E-state index in [4.69, 9.17) is 13.9 Å². The Kier molecular flexibility index (Phi) is 4.15. The van der Waals surface area contributed by atoms with Gasteiger partial charge in [-0.25, -0.2) is 0 Å². The SMILES string of the molecule is CCOc1cc2c(cc1CNCc1ccco1)O[C@H](C)C2. The second kappa shape index (κ2) is 6.22. The largest absolute Gasteiger partial charge is 0.494 e. The second-order valence-electron chi connectivity index (χ2n) is 5.32. The molecule has 0 saturated heterocycles. The molecule has 4 nitrogen and oxygen atoms in total. The Morgan fingerprint density at radius 2 is 2.24 bits per heavy atom. The van der Waals surface area contributed by atoms with Gasteiger partial charge in [0.2, 0.25) is 0 Å². The van der Waals surface area contributed by atoms with Crippen LogP contribution in [-0.4, -0.2) is 12.7 Å². The van der Waals surface area contributed by atoms with Gasteiger partial charge in [0.15, 0.2) is 0 Å². The summed E-state index contributed by atoms with van der Waals surface area (Å²) in [4.78, 5) is 0. The highest BCUT2D eigenvalue weighted by Gasteiger charge is 2.21. The Bertz CT molecular complexity index is 592. The predicted molar refractivity (Wildman–Crippen MR) is 80.7 cm³/mol. The van der Waals surface area contributed by atoms with Crippen LogP contribution in [0, 0.1) is 0 Å². The van der Waals surface area contributed by atoms with E-state index in [1.54, 1.807) is 6.26 Å². The third-order valence-corrected chi connectivity index (χ3v) is 3.57. The molecule has 0 bridgehead atoms. The first-order chi connectivity index (χ1) is 10.3. The van der Waals surface area contributed by atoms with Gasteiger partial charge in [-0.15, -0.1) is 0 Å². The van der Waals surface area contributed by atoms with Gasteiger partial charge in [-0.2, -0.15) is 0 Å². The van der Waals surface area contributed by atoms with Crippen LogP contribution in [0.15, 0.2) is 34.9 Å². The van der Waals surface area contributed by atoms with E-state index in [9.17, 15) is 0 Å². The zero-order valence-electron chi connectivity index (χ0n) is 12.5. The number of benzene rings is 1. The molecule has 1 atom stereocenters. The van der Waals surface area contributed by atoms with Gasteiger partial charge in [0, 0.05) is 24.1 Å². The maximum atomic E-state index is 5.83. The molecule has 0 radical (unpaired) electrons. The van der Waals surface area contributed by atoms with Crippen molar-refractivity contribution < 1.29 is 13.9 Å². The number of hydrogen-bond donors (Lipinski definition) is 1. The summed E-state index contributed by atoms with van der Waals surface area (Å²) in [6.07, 6.45) is 2.89. The lowest BCUT2D eigenvalue weighted by Gasteiger charge is -2.13. The molecular weight excluding hydrogens is 266 g/mol. The molecule has 4 heteroatoms. The second-order valence-corrected chi connectivity index (χ2v) is 5.32. The molecule has 21 heavy (non-hydrogen) atoms. The normalized spacial score (nSPS) is 16.6. The summed E-state index contributed by atoms with van der Waals surface area (Å²) in [5.74, 6) is 2.86. The Hall–Kier alpha value is -1.94. The highest BCUT2D eigenvalue weighted by molar-refractivity contribution is 5.48. The van der Waals surface area contributed by atoms with Crippen molar-refractivity contribution in [3.05, 3.63) is 47.4 Å². The first-order valence-corrected chi connectivity index (χ1v) is 7.44. The molecule has 2 aromatic rings. The van der Waals surface area contributed by atoms with Gasteiger partial charge in [-0.1, -0.05) is 0 Å². The number of fused-ring (bicyclic) bond motifs is 1. The summed E-state index contributed by atoms with van der Waals surface area (Å²) in [5, 5.41) is 3.38. The number of nitrogens with one attached hydrogen (secondary N) is 1. The molecule has 0 saturated carbocycles. The lowest BCUT2D eigenvalue weighted by molar-refractivity contribution is 0.254. The van der Waals surface area contributed by atoms with Crippen molar-refractivity contribution in [2.45, 2.75) is 39.5 Å². The summed E-state index contributed by atoms with van der Waals surface area (Å²) in [6.45, 7) is 6.19. The molecular formula is C17H21NO3. The minimum Gasteiger partial charge on any atom is -0.494 e. The Balaban J connectivity index is 1.72. The summed E-state index contributed by atoms with van der Waals surface area (Å²) >= 11 is 0. The average Bonchev–Trinajstić information content (AvgIpc) is 3.07. The predicted octanol–water partition coefficient (Wildman–Crippen LogP) is 3.29. The van der Waals surface area contributed by atoms with E-state index >= 15 is 0 Å². The van der Waals surface area contributed by atoms with E-state index in [0.717, 1.165) is 35.8 Å². The smallest absolute Gasteiger partial charge is 0.124 e. The molecule has 1 aliphatic rings. The van der Waals surface area contributed by atoms with Gasteiger partial charge in [-0.05, 0) is 38.1 Å². The molecule has 1 aromatic carbocycles. The Morgan fingerprint density at radius 3 is 3.00 bits per heavy atom. The first kappa shape index (κ1) is 14.0. The zero-order valence-corrected chi connectivity index (χ0v) is 12.5. The molecule has 0 fully saturated rings. The summed E-state index contributed by atoms with van der Waals surface area (Å²) in [7, 11) is 0. The minimum absolute atomic E-state index is 0.251. The third-order valence-electron chi connectivity index (χ3n) is 3.57. The molecule has 0 unspecified atom stereocenters. The summed E-state index contributed by atoms with van der Waals surface area (Å²) in [5.41, 5.74) is 2.36. The molecule has 112 valence electrons. The first-order valence-electron chi connectivity index (χ1n) is 7.44. The summed E-state index contributed by atoms with van der Waals surface area (Å²) < 4.78 is 16.9. The lowest BCUT2D eigenvalue weighted by Crippen LogP contribution is -2.13. The van der Waals surface area contributed by atoms with Crippen LogP contribution in [0.5, 0.6) is 11.5 Å². The van der Waals surface area contributed by atoms with Crippen LogP contribution in [0.4, 0.5) is 0 Å². The lowest BCUT2D eigenvalue weighted by atomic mass is 10.1. The van der Waals surface area contributed by atoms with Gasteiger partial charge in [0.1, 0.15) is 23.4 Å². The average molecular weight is 287 g/mol. The molecule has 1 aliphatic heterocycles. The van der Waals surface area contributed by atoms with Crippen molar-refractivity contribution in [3.8, 4) is 11.5 Å². The van der Waals surface area contributed by atoms with E-state index in [1.165, 1.54) is 5.56 Å². The van der Waals surface area contributed by atoms with Crippen LogP contribution < -0.4 is 14.8 Å². The van der Waals surface area contributed by atoms with Gasteiger partial charge in [-0.3, -0.25) is 0 Å². The van der Waals surface area contributed by atoms with Crippen molar-refractivity contribution in [1.82, 2.24) is 5.32 Å². The van der Waals surface area contributed by atoms with Crippen LogP contribution in [-0.2, 0) is 19.5 Å². The van der Waals surface area contributed by atoms with E-state index in [2.05, 4.69) is 24.4 Å². The topological polar surface area (TPSA) is 43.6 Å². The van der Waals surface area contributed by atoms with Crippen molar-refractivity contribution in [3.63, 3.8) is 0 Å². The molecule has 1 N–H and O–H groups in total. The highest BCUT2D eigenvalue weighted by atomic mass is 16.5. The number of rotatable bonds is 6. The van der Waals surface area contributed by atoms with Crippen LogP contribution in [0.25, 0.3) is 0 Å². The Labute approximate surface area is 125 Å². The van der Waals surface area contributed by atoms with Crippen molar-refractivity contribution in [2.75, 3.05) is 6.61 Å². The molecule has 0 spiro atoms. The van der Waals surface area contributed by atoms with E-state index in [0.29, 0.717) is 13.2 Å². The Morgan fingerprint density at radius 1 is 1.33 bits per heavy atom.